The topological polar surface area (TPSA) is 67.2 Å². The smallest absolute Gasteiger partial charge is 0.234 e. The lowest BCUT2D eigenvalue weighted by Crippen LogP contribution is -2.31. The summed E-state index contributed by atoms with van der Waals surface area (Å²) >= 11 is 0. The second-order valence-corrected chi connectivity index (χ2v) is 2.74. The van der Waals surface area contributed by atoms with Gasteiger partial charge >= 0.3 is 0 Å². The third-order valence-corrected chi connectivity index (χ3v) is 1.47. The summed E-state index contributed by atoms with van der Waals surface area (Å²) in [7, 11) is 1.72. The van der Waals surface area contributed by atoms with Crippen LogP contribution in [0.5, 0.6) is 0 Å². The van der Waals surface area contributed by atoms with Crippen LogP contribution in [0.4, 0.5) is 0 Å². The van der Waals surface area contributed by atoms with E-state index in [9.17, 15) is 4.79 Å². The van der Waals surface area contributed by atoms with E-state index in [0.29, 0.717) is 18.8 Å². The van der Waals surface area contributed by atoms with Crippen molar-refractivity contribution in [3.63, 3.8) is 0 Å². The number of aryl methyl sites for hydroxylation is 1. The molecule has 1 rings (SSSR count). The van der Waals surface area contributed by atoms with Gasteiger partial charge in [-0.05, 0) is 14.0 Å². The molecular weight excluding hydrogens is 170 g/mol. The molecule has 1 amide bonds. The summed E-state index contributed by atoms with van der Waals surface area (Å²) in [4.78, 5) is 11.0. The van der Waals surface area contributed by atoms with Crippen molar-refractivity contribution in [3.8, 4) is 0 Å². The fourth-order valence-corrected chi connectivity index (χ4v) is 0.908. The first-order valence-corrected chi connectivity index (χ1v) is 4.06. The Hall–Kier alpha value is -1.36. The van der Waals surface area contributed by atoms with Crippen LogP contribution in [0.25, 0.3) is 0 Å². The number of aromatic nitrogens is 1. The number of carbonyl (C=O) groups excluding carboxylic acids is 1. The molecule has 2 N–H and O–H groups in total. The largest absolute Gasteiger partial charge is 0.359 e. The fraction of sp³-hybridized carbons (Fsp3) is 0.500. The molecule has 0 saturated heterocycles. The molecule has 0 aliphatic heterocycles. The summed E-state index contributed by atoms with van der Waals surface area (Å²) < 4.78 is 4.91. The number of hydrogen-bond acceptors (Lipinski definition) is 4. The van der Waals surface area contributed by atoms with Gasteiger partial charge in [0.05, 0.1) is 18.8 Å². The Morgan fingerprint density at radius 1 is 1.69 bits per heavy atom. The third kappa shape index (κ3) is 3.25. The lowest BCUT2D eigenvalue weighted by Gasteiger charge is -2.00. The lowest BCUT2D eigenvalue weighted by molar-refractivity contribution is -0.120. The Kier molecular flexibility index (Phi) is 3.45. The highest BCUT2D eigenvalue weighted by Gasteiger charge is 2.02. The molecule has 5 heteroatoms. The Labute approximate surface area is 76.5 Å². The van der Waals surface area contributed by atoms with Gasteiger partial charge in [0.15, 0.2) is 5.76 Å². The molecule has 0 spiro atoms. The van der Waals surface area contributed by atoms with Gasteiger partial charge in [-0.1, -0.05) is 5.16 Å². The second-order valence-electron chi connectivity index (χ2n) is 2.74. The van der Waals surface area contributed by atoms with E-state index in [0.717, 1.165) is 5.69 Å². The molecule has 0 bridgehead atoms. The Balaban J connectivity index is 2.30. The van der Waals surface area contributed by atoms with Gasteiger partial charge in [0.1, 0.15) is 0 Å². The van der Waals surface area contributed by atoms with Gasteiger partial charge in [0.2, 0.25) is 5.91 Å². The van der Waals surface area contributed by atoms with Gasteiger partial charge in [-0.2, -0.15) is 0 Å². The molecule has 0 aliphatic rings. The van der Waals surface area contributed by atoms with Gasteiger partial charge < -0.3 is 15.2 Å². The zero-order valence-electron chi connectivity index (χ0n) is 7.76. The molecule has 0 unspecified atom stereocenters. The van der Waals surface area contributed by atoms with E-state index in [1.165, 1.54) is 0 Å². The Morgan fingerprint density at radius 3 is 3.00 bits per heavy atom. The summed E-state index contributed by atoms with van der Waals surface area (Å²) in [5.41, 5.74) is 0.817. The van der Waals surface area contributed by atoms with Crippen molar-refractivity contribution in [2.24, 2.45) is 0 Å². The summed E-state index contributed by atoms with van der Waals surface area (Å²) in [5.74, 6) is 0.610. The van der Waals surface area contributed by atoms with Gasteiger partial charge in [-0.25, -0.2) is 0 Å². The van der Waals surface area contributed by atoms with Crippen molar-refractivity contribution in [2.45, 2.75) is 13.5 Å². The maximum Gasteiger partial charge on any atom is 0.234 e. The van der Waals surface area contributed by atoms with Crippen molar-refractivity contribution in [3.05, 3.63) is 17.5 Å². The molecule has 0 radical (unpaired) electrons. The highest BCUT2D eigenvalue weighted by molar-refractivity contribution is 5.77. The number of nitrogens with zero attached hydrogens (tertiary/aromatic N) is 1. The SMILES string of the molecule is CNCC(=O)NCc1cc(C)no1. The first kappa shape index (κ1) is 9.73. The maximum absolute atomic E-state index is 11.0. The van der Waals surface area contributed by atoms with Gasteiger partial charge in [0, 0.05) is 6.07 Å². The molecule has 0 atom stereocenters. The van der Waals surface area contributed by atoms with Crippen molar-refractivity contribution in [1.82, 2.24) is 15.8 Å². The zero-order valence-corrected chi connectivity index (χ0v) is 7.76. The van der Waals surface area contributed by atoms with Crippen LogP contribution >= 0.6 is 0 Å². The van der Waals surface area contributed by atoms with Crippen molar-refractivity contribution in [1.29, 1.82) is 0 Å². The normalized spacial score (nSPS) is 10.0. The minimum atomic E-state index is -0.0587. The van der Waals surface area contributed by atoms with E-state index in [1.54, 1.807) is 13.1 Å². The van der Waals surface area contributed by atoms with Crippen LogP contribution in [-0.4, -0.2) is 24.7 Å². The second kappa shape index (κ2) is 4.61. The molecule has 1 heterocycles. The number of rotatable bonds is 4. The lowest BCUT2D eigenvalue weighted by atomic mass is 10.4. The average Bonchev–Trinajstić information content (AvgIpc) is 2.49. The predicted molar refractivity (Wildman–Crippen MR) is 47.0 cm³/mol. The number of nitrogens with one attached hydrogen (secondary N) is 2. The maximum atomic E-state index is 11.0. The molecule has 72 valence electrons. The molecular formula is C8H13N3O2. The van der Waals surface area contributed by atoms with E-state index in [1.807, 2.05) is 6.92 Å². The highest BCUT2D eigenvalue weighted by Crippen LogP contribution is 2.00. The first-order chi connectivity index (χ1) is 6.22. The van der Waals surface area contributed by atoms with E-state index in [2.05, 4.69) is 15.8 Å². The molecule has 13 heavy (non-hydrogen) atoms. The van der Waals surface area contributed by atoms with Crippen LogP contribution in [0.2, 0.25) is 0 Å². The van der Waals surface area contributed by atoms with Crippen LogP contribution < -0.4 is 10.6 Å². The van der Waals surface area contributed by atoms with Crippen molar-refractivity contribution in [2.75, 3.05) is 13.6 Å². The molecule has 0 fully saturated rings. The fourth-order valence-electron chi connectivity index (χ4n) is 0.908. The Morgan fingerprint density at radius 2 is 2.46 bits per heavy atom. The highest BCUT2D eigenvalue weighted by atomic mass is 16.5. The summed E-state index contributed by atoms with van der Waals surface area (Å²) in [6.07, 6.45) is 0. The van der Waals surface area contributed by atoms with Crippen molar-refractivity contribution >= 4 is 5.91 Å². The molecule has 0 saturated carbocycles. The summed E-state index contributed by atoms with van der Waals surface area (Å²) in [5, 5.41) is 9.13. The molecule has 1 aromatic rings. The minimum Gasteiger partial charge on any atom is -0.359 e. The third-order valence-electron chi connectivity index (χ3n) is 1.47. The monoisotopic (exact) mass is 183 g/mol. The van der Waals surface area contributed by atoms with Gasteiger partial charge in [-0.15, -0.1) is 0 Å². The predicted octanol–water partition coefficient (Wildman–Crippen LogP) is -0.181. The van der Waals surface area contributed by atoms with Crippen LogP contribution in [-0.2, 0) is 11.3 Å². The number of likely N-dealkylation sites (N-methyl/N-ethyl adjacent to an activating group) is 1. The molecule has 1 aromatic heterocycles. The zero-order chi connectivity index (χ0) is 9.68. The quantitative estimate of drug-likeness (QED) is 0.679. The standard InChI is InChI=1S/C8H13N3O2/c1-6-3-7(13-11-6)4-10-8(12)5-9-2/h3,9H,4-5H2,1-2H3,(H,10,12). The van der Waals surface area contributed by atoms with E-state index < -0.39 is 0 Å². The summed E-state index contributed by atoms with van der Waals surface area (Å²) in [6.45, 7) is 2.54. The average molecular weight is 183 g/mol. The molecule has 0 aliphatic carbocycles. The van der Waals surface area contributed by atoms with Gasteiger partial charge in [-0.3, -0.25) is 4.79 Å². The van der Waals surface area contributed by atoms with Crippen LogP contribution in [0.15, 0.2) is 10.6 Å². The number of hydrogen-bond donors (Lipinski definition) is 2. The van der Waals surface area contributed by atoms with Crippen LogP contribution in [0, 0.1) is 6.92 Å². The Bertz CT molecular complexity index is 283. The van der Waals surface area contributed by atoms with E-state index in [4.69, 9.17) is 4.52 Å². The number of amides is 1. The summed E-state index contributed by atoms with van der Waals surface area (Å²) in [6, 6.07) is 1.79. The van der Waals surface area contributed by atoms with Crippen molar-refractivity contribution < 1.29 is 9.32 Å². The molecule has 5 nitrogen and oxygen atoms in total. The number of carbonyl (C=O) groups is 1. The van der Waals surface area contributed by atoms with E-state index in [-0.39, 0.29) is 5.91 Å². The van der Waals surface area contributed by atoms with Crippen LogP contribution in [0.3, 0.4) is 0 Å². The first-order valence-electron chi connectivity index (χ1n) is 4.06. The molecule has 0 aromatic carbocycles. The van der Waals surface area contributed by atoms with Gasteiger partial charge in [0.25, 0.3) is 0 Å². The minimum absolute atomic E-state index is 0.0587. The van der Waals surface area contributed by atoms with E-state index >= 15 is 0 Å². The van der Waals surface area contributed by atoms with Crippen LogP contribution in [0.1, 0.15) is 11.5 Å².